The third kappa shape index (κ3) is 4.30. The fourth-order valence-corrected chi connectivity index (χ4v) is 2.72. The van der Waals surface area contributed by atoms with Crippen LogP contribution in [-0.4, -0.2) is 44.3 Å². The molecular weight excluding hydrogens is 248 g/mol. The van der Waals surface area contributed by atoms with E-state index in [1.165, 1.54) is 11.1 Å². The predicted octanol–water partition coefficient (Wildman–Crippen LogP) is 2.62. The van der Waals surface area contributed by atoms with Crippen molar-refractivity contribution in [1.29, 1.82) is 0 Å². The highest BCUT2D eigenvalue weighted by Gasteiger charge is 2.20. The first kappa shape index (κ1) is 15.5. The van der Waals surface area contributed by atoms with E-state index in [4.69, 9.17) is 4.74 Å². The topological polar surface area (TPSA) is 24.5 Å². The zero-order valence-corrected chi connectivity index (χ0v) is 13.1. The molecule has 1 N–H and O–H groups in total. The average molecular weight is 276 g/mol. The van der Waals surface area contributed by atoms with E-state index in [-0.39, 0.29) is 0 Å². The van der Waals surface area contributed by atoms with Crippen LogP contribution in [0.3, 0.4) is 0 Å². The SMILES string of the molecule is CCNCC(C)c1ccc(CN(C)C2CCOC2)cc1. The van der Waals surface area contributed by atoms with E-state index in [0.29, 0.717) is 12.0 Å². The highest BCUT2D eigenvalue weighted by Crippen LogP contribution is 2.18. The minimum Gasteiger partial charge on any atom is -0.380 e. The van der Waals surface area contributed by atoms with Gasteiger partial charge in [-0.2, -0.15) is 0 Å². The third-order valence-corrected chi connectivity index (χ3v) is 4.21. The smallest absolute Gasteiger partial charge is 0.0622 e. The lowest BCUT2D eigenvalue weighted by Crippen LogP contribution is -2.31. The van der Waals surface area contributed by atoms with Crippen molar-refractivity contribution in [3.8, 4) is 0 Å². The summed E-state index contributed by atoms with van der Waals surface area (Å²) < 4.78 is 5.46. The van der Waals surface area contributed by atoms with Gasteiger partial charge in [0.25, 0.3) is 0 Å². The van der Waals surface area contributed by atoms with Crippen LogP contribution >= 0.6 is 0 Å². The van der Waals surface area contributed by atoms with Gasteiger partial charge in [0, 0.05) is 25.7 Å². The molecule has 2 atom stereocenters. The van der Waals surface area contributed by atoms with Gasteiger partial charge in [0.2, 0.25) is 0 Å². The molecule has 1 aliphatic rings. The number of ether oxygens (including phenoxy) is 1. The van der Waals surface area contributed by atoms with Gasteiger partial charge in [0.1, 0.15) is 0 Å². The van der Waals surface area contributed by atoms with Crippen LogP contribution < -0.4 is 5.32 Å². The van der Waals surface area contributed by atoms with Gasteiger partial charge in [-0.15, -0.1) is 0 Å². The summed E-state index contributed by atoms with van der Waals surface area (Å²) in [7, 11) is 2.20. The van der Waals surface area contributed by atoms with Gasteiger partial charge >= 0.3 is 0 Å². The molecule has 0 amide bonds. The average Bonchev–Trinajstić information content (AvgIpc) is 3.00. The minimum atomic E-state index is 0.574. The number of nitrogens with one attached hydrogen (secondary N) is 1. The van der Waals surface area contributed by atoms with Crippen LogP contribution in [0.25, 0.3) is 0 Å². The van der Waals surface area contributed by atoms with Crippen molar-refractivity contribution in [3.63, 3.8) is 0 Å². The molecule has 112 valence electrons. The van der Waals surface area contributed by atoms with Gasteiger partial charge in [-0.3, -0.25) is 4.90 Å². The summed E-state index contributed by atoms with van der Waals surface area (Å²) in [5, 5.41) is 3.41. The van der Waals surface area contributed by atoms with Gasteiger partial charge < -0.3 is 10.1 Å². The van der Waals surface area contributed by atoms with E-state index in [1.54, 1.807) is 0 Å². The number of likely N-dealkylation sites (N-methyl/N-ethyl adjacent to an activating group) is 2. The summed E-state index contributed by atoms with van der Waals surface area (Å²) in [6.45, 7) is 9.32. The van der Waals surface area contributed by atoms with Crippen molar-refractivity contribution >= 4 is 0 Å². The van der Waals surface area contributed by atoms with Crippen LogP contribution in [-0.2, 0) is 11.3 Å². The van der Waals surface area contributed by atoms with Gasteiger partial charge in [-0.05, 0) is 37.1 Å². The van der Waals surface area contributed by atoms with Gasteiger partial charge in [0.15, 0.2) is 0 Å². The quantitative estimate of drug-likeness (QED) is 0.828. The zero-order chi connectivity index (χ0) is 14.4. The third-order valence-electron chi connectivity index (χ3n) is 4.21. The van der Waals surface area contributed by atoms with E-state index < -0.39 is 0 Å². The molecule has 1 aliphatic heterocycles. The minimum absolute atomic E-state index is 0.574. The maximum atomic E-state index is 5.46. The van der Waals surface area contributed by atoms with E-state index in [0.717, 1.165) is 39.3 Å². The Labute approximate surface area is 123 Å². The standard InChI is InChI=1S/C17H28N2O/c1-4-18-11-14(2)16-7-5-15(6-8-16)12-19(3)17-9-10-20-13-17/h5-8,14,17-18H,4,9-13H2,1-3H3. The molecule has 1 aromatic rings. The van der Waals surface area contributed by atoms with E-state index >= 15 is 0 Å². The number of hydrogen-bond acceptors (Lipinski definition) is 3. The summed E-state index contributed by atoms with van der Waals surface area (Å²) in [6.07, 6.45) is 1.16. The fraction of sp³-hybridized carbons (Fsp3) is 0.647. The lowest BCUT2D eigenvalue weighted by Gasteiger charge is -2.23. The molecule has 0 saturated carbocycles. The molecule has 1 aromatic carbocycles. The largest absolute Gasteiger partial charge is 0.380 e. The Morgan fingerprint density at radius 2 is 2.10 bits per heavy atom. The molecule has 1 fully saturated rings. The first-order valence-corrected chi connectivity index (χ1v) is 7.78. The molecule has 1 saturated heterocycles. The van der Waals surface area contributed by atoms with Crippen molar-refractivity contribution in [2.45, 2.75) is 38.8 Å². The van der Waals surface area contributed by atoms with Crippen molar-refractivity contribution in [2.24, 2.45) is 0 Å². The maximum absolute atomic E-state index is 5.46. The zero-order valence-electron chi connectivity index (χ0n) is 13.1. The predicted molar refractivity (Wildman–Crippen MR) is 84.1 cm³/mol. The molecule has 2 unspecified atom stereocenters. The molecule has 0 aliphatic carbocycles. The number of benzene rings is 1. The molecule has 3 nitrogen and oxygen atoms in total. The Morgan fingerprint density at radius 3 is 2.70 bits per heavy atom. The van der Waals surface area contributed by atoms with Crippen molar-refractivity contribution in [1.82, 2.24) is 10.2 Å². The lowest BCUT2D eigenvalue weighted by atomic mass is 9.99. The molecule has 2 rings (SSSR count). The summed E-state index contributed by atoms with van der Waals surface area (Å²) in [6, 6.07) is 9.67. The van der Waals surface area contributed by atoms with Gasteiger partial charge in [0.05, 0.1) is 6.61 Å². The van der Waals surface area contributed by atoms with Crippen molar-refractivity contribution in [3.05, 3.63) is 35.4 Å². The molecule has 20 heavy (non-hydrogen) atoms. The second kappa shape index (κ2) is 7.77. The van der Waals surface area contributed by atoms with E-state index in [2.05, 4.69) is 55.4 Å². The molecule has 0 aromatic heterocycles. The summed E-state index contributed by atoms with van der Waals surface area (Å²) in [4.78, 5) is 2.41. The monoisotopic (exact) mass is 276 g/mol. The molecule has 0 radical (unpaired) electrons. The Hall–Kier alpha value is -0.900. The Morgan fingerprint density at radius 1 is 1.35 bits per heavy atom. The summed E-state index contributed by atoms with van der Waals surface area (Å²) >= 11 is 0. The number of rotatable bonds is 7. The van der Waals surface area contributed by atoms with Crippen LogP contribution in [0.15, 0.2) is 24.3 Å². The first-order valence-electron chi connectivity index (χ1n) is 7.78. The van der Waals surface area contributed by atoms with Gasteiger partial charge in [-0.25, -0.2) is 0 Å². The van der Waals surface area contributed by atoms with E-state index in [9.17, 15) is 0 Å². The van der Waals surface area contributed by atoms with Crippen molar-refractivity contribution < 1.29 is 4.74 Å². The summed E-state index contributed by atoms with van der Waals surface area (Å²) in [5.41, 5.74) is 2.81. The molecule has 3 heteroatoms. The Bertz CT molecular complexity index is 384. The number of nitrogens with zero attached hydrogens (tertiary/aromatic N) is 1. The second-order valence-electron chi connectivity index (χ2n) is 5.88. The van der Waals surface area contributed by atoms with Crippen LogP contribution in [0.5, 0.6) is 0 Å². The fourth-order valence-electron chi connectivity index (χ4n) is 2.72. The lowest BCUT2D eigenvalue weighted by molar-refractivity contribution is 0.156. The molecule has 0 bridgehead atoms. The van der Waals surface area contributed by atoms with Crippen LogP contribution in [0.4, 0.5) is 0 Å². The highest BCUT2D eigenvalue weighted by molar-refractivity contribution is 5.25. The van der Waals surface area contributed by atoms with Crippen LogP contribution in [0.2, 0.25) is 0 Å². The second-order valence-corrected chi connectivity index (χ2v) is 5.88. The molecule has 1 heterocycles. The Kier molecular flexibility index (Phi) is 6.02. The van der Waals surface area contributed by atoms with Crippen LogP contribution in [0, 0.1) is 0 Å². The Balaban J connectivity index is 1.87. The van der Waals surface area contributed by atoms with Gasteiger partial charge in [-0.1, -0.05) is 38.1 Å². The van der Waals surface area contributed by atoms with Crippen molar-refractivity contribution in [2.75, 3.05) is 33.4 Å². The maximum Gasteiger partial charge on any atom is 0.0622 e. The number of hydrogen-bond donors (Lipinski definition) is 1. The first-order chi connectivity index (χ1) is 9.70. The molecule has 0 spiro atoms. The van der Waals surface area contributed by atoms with Crippen LogP contribution in [0.1, 0.15) is 37.3 Å². The summed E-state index contributed by atoms with van der Waals surface area (Å²) in [5.74, 6) is 0.574. The van der Waals surface area contributed by atoms with E-state index in [1.807, 2.05) is 0 Å². The highest BCUT2D eigenvalue weighted by atomic mass is 16.5. The molecular formula is C17H28N2O. The normalized spacial score (nSPS) is 20.5.